The van der Waals surface area contributed by atoms with Gasteiger partial charge in [-0.2, -0.15) is 0 Å². The molecule has 0 aliphatic heterocycles. The van der Waals surface area contributed by atoms with Gasteiger partial charge >= 0.3 is 0 Å². The van der Waals surface area contributed by atoms with Crippen LogP contribution in [0, 0.1) is 10.8 Å². The molecule has 0 saturated heterocycles. The van der Waals surface area contributed by atoms with Crippen LogP contribution in [-0.4, -0.2) is 50.5 Å². The zero-order chi connectivity index (χ0) is 16.3. The topological polar surface area (TPSA) is 118 Å². The Morgan fingerprint density at radius 3 is 1.23 bits per heavy atom. The Hall–Kier alpha value is -2.48. The number of hydrogen-bond acceptors (Lipinski definition) is 8. The van der Waals surface area contributed by atoms with Crippen molar-refractivity contribution in [1.82, 2.24) is 0 Å². The fourth-order valence-electron chi connectivity index (χ4n) is 3.25. The van der Waals surface area contributed by atoms with E-state index < -0.39 is 10.8 Å². The minimum atomic E-state index is -0.524. The Kier molecular flexibility index (Phi) is 6.97. The summed E-state index contributed by atoms with van der Waals surface area (Å²) in [4.78, 5) is 56.3. The van der Waals surface area contributed by atoms with Crippen LogP contribution < -0.4 is 0 Å². The van der Waals surface area contributed by atoms with Gasteiger partial charge < -0.3 is 0 Å². The van der Waals surface area contributed by atoms with E-state index in [1.54, 1.807) is 0 Å². The summed E-state index contributed by atoms with van der Waals surface area (Å²) >= 11 is 0. The predicted octanol–water partition coefficient (Wildman–Crippen LogP) is 0.876. The van der Waals surface area contributed by atoms with Gasteiger partial charge in [-0.1, -0.05) is 6.42 Å². The molecule has 1 aliphatic rings. The van der Waals surface area contributed by atoms with Crippen molar-refractivity contribution in [1.29, 1.82) is 0 Å². The van der Waals surface area contributed by atoms with Crippen molar-refractivity contribution in [2.75, 3.05) is 26.2 Å². The van der Waals surface area contributed by atoms with Gasteiger partial charge in [-0.05, 0) is 19.3 Å². The zero-order valence-corrected chi connectivity index (χ0v) is 12.1. The van der Waals surface area contributed by atoms with Crippen molar-refractivity contribution >= 4 is 24.3 Å². The number of hydrogen-bond donors (Lipinski definition) is 0. The average molecular weight is 304 g/mol. The normalized spacial score (nSPS) is 26.5. The maximum absolute atomic E-state index is 10.4. The van der Waals surface area contributed by atoms with Gasteiger partial charge in [-0.3, -0.25) is 0 Å². The Bertz CT molecular complexity index is 488. The van der Waals surface area contributed by atoms with Crippen LogP contribution in [0.2, 0.25) is 0 Å². The highest BCUT2D eigenvalue weighted by molar-refractivity contribution is 5.35. The van der Waals surface area contributed by atoms with E-state index in [0.29, 0.717) is 19.3 Å². The van der Waals surface area contributed by atoms with E-state index in [1.807, 2.05) is 0 Å². The monoisotopic (exact) mass is 304 g/mol. The van der Waals surface area contributed by atoms with Crippen LogP contribution in [-0.2, 0) is 19.2 Å². The molecule has 116 valence electrons. The Morgan fingerprint density at radius 2 is 0.955 bits per heavy atom. The van der Waals surface area contributed by atoms with Gasteiger partial charge in [0.05, 0.1) is 26.2 Å². The summed E-state index contributed by atoms with van der Waals surface area (Å²) in [6.45, 7) is 0.663. The van der Waals surface area contributed by atoms with E-state index in [-0.39, 0.29) is 26.2 Å². The van der Waals surface area contributed by atoms with Crippen LogP contribution in [0.3, 0.4) is 0 Å². The molecular weight excluding hydrogens is 288 g/mol. The maximum atomic E-state index is 10.4. The first-order valence-corrected chi connectivity index (χ1v) is 6.80. The quantitative estimate of drug-likeness (QED) is 0.488. The third-order valence-corrected chi connectivity index (χ3v) is 4.08. The first-order chi connectivity index (χ1) is 10.7. The highest BCUT2D eigenvalue weighted by atomic mass is 16.1. The number of aliphatic imine (C=N–C) groups is 4. The molecule has 0 atom stereocenters. The summed E-state index contributed by atoms with van der Waals surface area (Å²) in [5.74, 6) is 0. The highest BCUT2D eigenvalue weighted by Crippen LogP contribution is 2.47. The standard InChI is InChI=1S/C14H16N4O4/c19-9-15-5-13(6-16-10-20)2-1-3-14(4-13,7-17-11-21)8-18-12-22/h1-8H2. The Labute approximate surface area is 127 Å². The van der Waals surface area contributed by atoms with Crippen molar-refractivity contribution in [2.24, 2.45) is 30.8 Å². The van der Waals surface area contributed by atoms with Gasteiger partial charge in [0.2, 0.25) is 24.3 Å². The second kappa shape index (κ2) is 8.73. The highest BCUT2D eigenvalue weighted by Gasteiger charge is 2.45. The molecular formula is C14H16N4O4. The third kappa shape index (κ3) is 4.81. The van der Waals surface area contributed by atoms with Crippen LogP contribution >= 0.6 is 0 Å². The summed E-state index contributed by atoms with van der Waals surface area (Å²) < 4.78 is 0. The number of nitrogens with zero attached hydrogens (tertiary/aromatic N) is 4. The van der Waals surface area contributed by atoms with Gasteiger partial charge in [-0.15, -0.1) is 0 Å². The van der Waals surface area contributed by atoms with Crippen molar-refractivity contribution in [2.45, 2.75) is 25.7 Å². The van der Waals surface area contributed by atoms with E-state index in [9.17, 15) is 19.2 Å². The zero-order valence-electron chi connectivity index (χ0n) is 12.1. The maximum Gasteiger partial charge on any atom is 0.234 e. The van der Waals surface area contributed by atoms with Crippen LogP contribution in [0.25, 0.3) is 0 Å². The average Bonchev–Trinajstić information content (AvgIpc) is 2.55. The molecule has 0 aromatic rings. The summed E-state index contributed by atoms with van der Waals surface area (Å²) in [7, 11) is 0. The van der Waals surface area contributed by atoms with E-state index in [0.717, 1.165) is 6.42 Å². The molecule has 0 aromatic carbocycles. The fourth-order valence-corrected chi connectivity index (χ4v) is 3.25. The van der Waals surface area contributed by atoms with Crippen LogP contribution in [0.5, 0.6) is 0 Å². The lowest BCUT2D eigenvalue weighted by molar-refractivity contribution is 0.0825. The lowest BCUT2D eigenvalue weighted by Gasteiger charge is -2.45. The third-order valence-electron chi connectivity index (χ3n) is 4.08. The molecule has 0 bridgehead atoms. The summed E-state index contributed by atoms with van der Waals surface area (Å²) in [5.41, 5.74) is -1.05. The first-order valence-electron chi connectivity index (χ1n) is 6.80. The van der Waals surface area contributed by atoms with Gasteiger partial charge in [0.25, 0.3) is 0 Å². The van der Waals surface area contributed by atoms with E-state index in [2.05, 4.69) is 20.0 Å². The van der Waals surface area contributed by atoms with Gasteiger partial charge in [0.15, 0.2) is 0 Å². The SMILES string of the molecule is O=C=NCC1(CN=C=O)CCCC(CN=C=O)(CN=C=O)C1. The van der Waals surface area contributed by atoms with E-state index in [1.165, 1.54) is 24.3 Å². The second-order valence-corrected chi connectivity index (χ2v) is 5.66. The lowest BCUT2D eigenvalue weighted by atomic mass is 9.61. The number of rotatable bonds is 8. The summed E-state index contributed by atoms with van der Waals surface area (Å²) in [5, 5.41) is 0. The first kappa shape index (κ1) is 17.6. The van der Waals surface area contributed by atoms with Crippen molar-refractivity contribution in [3.63, 3.8) is 0 Å². The molecule has 0 heterocycles. The molecule has 1 rings (SSSR count). The fraction of sp³-hybridized carbons (Fsp3) is 0.714. The summed E-state index contributed by atoms with van der Waals surface area (Å²) in [6, 6.07) is 0. The van der Waals surface area contributed by atoms with Crippen molar-refractivity contribution in [3.8, 4) is 0 Å². The molecule has 1 saturated carbocycles. The van der Waals surface area contributed by atoms with E-state index in [4.69, 9.17) is 0 Å². The molecule has 0 spiro atoms. The molecule has 8 heteroatoms. The molecule has 0 radical (unpaired) electrons. The lowest BCUT2D eigenvalue weighted by Crippen LogP contribution is -2.43. The minimum absolute atomic E-state index is 0.166. The van der Waals surface area contributed by atoms with Crippen molar-refractivity contribution in [3.05, 3.63) is 0 Å². The molecule has 0 amide bonds. The second-order valence-electron chi connectivity index (χ2n) is 5.66. The number of isocyanates is 4. The van der Waals surface area contributed by atoms with Gasteiger partial charge in [0.1, 0.15) is 0 Å². The summed E-state index contributed by atoms with van der Waals surface area (Å²) in [6.07, 6.45) is 8.62. The van der Waals surface area contributed by atoms with Crippen LogP contribution in [0.4, 0.5) is 0 Å². The molecule has 1 aliphatic carbocycles. The van der Waals surface area contributed by atoms with E-state index >= 15 is 0 Å². The smallest absolute Gasteiger partial charge is 0.211 e. The van der Waals surface area contributed by atoms with Gasteiger partial charge in [-0.25, -0.2) is 39.1 Å². The molecule has 1 fully saturated rings. The Morgan fingerprint density at radius 1 is 0.636 bits per heavy atom. The van der Waals surface area contributed by atoms with Crippen LogP contribution in [0.15, 0.2) is 20.0 Å². The predicted molar refractivity (Wildman–Crippen MR) is 75.3 cm³/mol. The molecule has 0 unspecified atom stereocenters. The largest absolute Gasteiger partial charge is 0.234 e. The molecule has 0 aromatic heterocycles. The van der Waals surface area contributed by atoms with Gasteiger partial charge in [0, 0.05) is 10.8 Å². The number of carbonyl (C=O) groups excluding carboxylic acids is 4. The molecule has 22 heavy (non-hydrogen) atoms. The van der Waals surface area contributed by atoms with Crippen molar-refractivity contribution < 1.29 is 19.2 Å². The molecule has 0 N–H and O–H groups in total. The minimum Gasteiger partial charge on any atom is -0.211 e. The van der Waals surface area contributed by atoms with Crippen LogP contribution in [0.1, 0.15) is 25.7 Å². The molecule has 8 nitrogen and oxygen atoms in total. The Balaban J connectivity index is 3.11.